The lowest BCUT2D eigenvalue weighted by atomic mass is 9.70. The molecule has 1 saturated carbocycles. The van der Waals surface area contributed by atoms with Gasteiger partial charge < -0.3 is 20.7 Å². The maximum atomic E-state index is 14.4. The Morgan fingerprint density at radius 2 is 1.84 bits per heavy atom. The summed E-state index contributed by atoms with van der Waals surface area (Å²) in [4.78, 5) is 14.8. The van der Waals surface area contributed by atoms with Crippen LogP contribution in [0.4, 0.5) is 18.0 Å². The molecule has 1 atom stereocenters. The normalized spacial score (nSPS) is 19.1. The predicted molar refractivity (Wildman–Crippen MR) is 112 cm³/mol. The van der Waals surface area contributed by atoms with E-state index in [0.717, 1.165) is 24.5 Å². The Labute approximate surface area is 177 Å². The summed E-state index contributed by atoms with van der Waals surface area (Å²) in [6.07, 6.45) is 0.873. The number of H-pyrrole nitrogens is 1. The summed E-state index contributed by atoms with van der Waals surface area (Å²) in [7, 11) is 0. The molecule has 1 heterocycles. The number of carbonyl (C=O) groups is 1. The van der Waals surface area contributed by atoms with Crippen molar-refractivity contribution in [2.24, 2.45) is 5.92 Å². The number of hydrogen-bond acceptors (Lipinski definition) is 2. The second-order valence-corrected chi connectivity index (χ2v) is 8.21. The Morgan fingerprint density at radius 3 is 2.52 bits per heavy atom. The fraction of sp³-hybridized carbons (Fsp3) is 0.348. The number of benzene rings is 2. The molecular weight excluding hydrogens is 407 g/mol. The number of carbonyl (C=O) groups excluding carboxylic acids is 1. The van der Waals surface area contributed by atoms with Crippen LogP contribution in [-0.4, -0.2) is 35.3 Å². The summed E-state index contributed by atoms with van der Waals surface area (Å²) in [5, 5.41) is 15.1. The summed E-state index contributed by atoms with van der Waals surface area (Å²) in [5.74, 6) is -1.41. The number of fused-ring (bicyclic) bond motifs is 1. The molecular formula is C23H24F3N3O2. The van der Waals surface area contributed by atoms with Gasteiger partial charge in [0.25, 0.3) is 0 Å². The molecule has 0 bridgehead atoms. The minimum atomic E-state index is -0.670. The summed E-state index contributed by atoms with van der Waals surface area (Å²) >= 11 is 0. The second-order valence-electron chi connectivity index (χ2n) is 8.21. The molecule has 0 saturated heterocycles. The Hall–Kier alpha value is -3.00. The van der Waals surface area contributed by atoms with Gasteiger partial charge in [-0.15, -0.1) is 0 Å². The number of aliphatic hydroxyl groups is 1. The third kappa shape index (κ3) is 4.54. The maximum Gasteiger partial charge on any atom is 0.314 e. The molecule has 1 aliphatic carbocycles. The van der Waals surface area contributed by atoms with Gasteiger partial charge in [0, 0.05) is 24.5 Å². The molecule has 1 aliphatic rings. The van der Waals surface area contributed by atoms with Crippen LogP contribution in [0.2, 0.25) is 0 Å². The number of rotatable bonds is 6. The quantitative estimate of drug-likeness (QED) is 0.466. The molecule has 31 heavy (non-hydrogen) atoms. The molecule has 1 fully saturated rings. The van der Waals surface area contributed by atoms with Crippen LogP contribution in [0.15, 0.2) is 36.4 Å². The molecule has 5 nitrogen and oxygen atoms in total. The number of aromatic nitrogens is 1. The number of hydrogen-bond donors (Lipinski definition) is 4. The molecule has 4 N–H and O–H groups in total. The molecule has 4 rings (SSSR count). The Bertz CT molecular complexity index is 1090. The van der Waals surface area contributed by atoms with E-state index in [2.05, 4.69) is 15.6 Å². The molecule has 0 radical (unpaired) electrons. The summed E-state index contributed by atoms with van der Waals surface area (Å²) in [6.45, 7) is 2.23. The standard InChI is InChI=1S/C23H24F3N3O2/c1-12(30)10-27-23(31)28-11-13-6-15(7-13)20-18-8-17(25)9-19(26)22(18)29-21(20)14-2-4-16(24)5-3-14/h2-5,8-9,12-13,15,29-30H,6-7,10-11H2,1H3,(H2,27,28,31)/t12-,13-,15-/m1/s1. The van der Waals surface area contributed by atoms with Crippen LogP contribution in [0, 0.1) is 23.4 Å². The number of aromatic amines is 1. The van der Waals surface area contributed by atoms with Gasteiger partial charge in [-0.1, -0.05) is 0 Å². The number of amides is 2. The highest BCUT2D eigenvalue weighted by Crippen LogP contribution is 2.48. The first kappa shape index (κ1) is 21.2. The van der Waals surface area contributed by atoms with E-state index < -0.39 is 17.7 Å². The van der Waals surface area contributed by atoms with Gasteiger partial charge in [-0.3, -0.25) is 0 Å². The second kappa shape index (κ2) is 8.63. The van der Waals surface area contributed by atoms with Crippen LogP contribution in [-0.2, 0) is 0 Å². The number of urea groups is 1. The third-order valence-corrected chi connectivity index (χ3v) is 5.75. The zero-order valence-electron chi connectivity index (χ0n) is 17.0. The topological polar surface area (TPSA) is 77.2 Å². The van der Waals surface area contributed by atoms with Crippen LogP contribution in [0.3, 0.4) is 0 Å². The molecule has 0 spiro atoms. The molecule has 0 unspecified atom stereocenters. The van der Waals surface area contributed by atoms with Crippen molar-refractivity contribution >= 4 is 16.9 Å². The van der Waals surface area contributed by atoms with Gasteiger partial charge in [0.1, 0.15) is 17.5 Å². The molecule has 2 amide bonds. The van der Waals surface area contributed by atoms with Crippen LogP contribution in [0.5, 0.6) is 0 Å². The average molecular weight is 431 g/mol. The first-order valence-electron chi connectivity index (χ1n) is 10.3. The SMILES string of the molecule is C[C@@H](O)CNC(=O)NC[C@H]1C[C@H](c2c(-c3ccc(F)cc3)[nH]c3c(F)cc(F)cc32)C1. The van der Waals surface area contributed by atoms with E-state index in [9.17, 15) is 23.1 Å². The van der Waals surface area contributed by atoms with Crippen molar-refractivity contribution in [2.45, 2.75) is 31.8 Å². The highest BCUT2D eigenvalue weighted by Gasteiger charge is 2.34. The van der Waals surface area contributed by atoms with Gasteiger partial charge in [0.2, 0.25) is 0 Å². The van der Waals surface area contributed by atoms with E-state index in [0.29, 0.717) is 23.2 Å². The first-order chi connectivity index (χ1) is 14.8. The maximum absolute atomic E-state index is 14.4. The van der Waals surface area contributed by atoms with Gasteiger partial charge >= 0.3 is 6.03 Å². The number of halogens is 3. The van der Waals surface area contributed by atoms with E-state index in [1.165, 1.54) is 18.2 Å². The van der Waals surface area contributed by atoms with E-state index in [1.54, 1.807) is 19.1 Å². The van der Waals surface area contributed by atoms with Crippen molar-refractivity contribution in [3.05, 3.63) is 59.4 Å². The first-order valence-corrected chi connectivity index (χ1v) is 10.3. The van der Waals surface area contributed by atoms with Crippen LogP contribution < -0.4 is 10.6 Å². The van der Waals surface area contributed by atoms with Crippen molar-refractivity contribution in [1.82, 2.24) is 15.6 Å². The fourth-order valence-electron chi connectivity index (χ4n) is 4.19. The predicted octanol–water partition coefficient (Wildman–Crippen LogP) is 4.43. The largest absolute Gasteiger partial charge is 0.392 e. The zero-order valence-corrected chi connectivity index (χ0v) is 17.0. The lowest BCUT2D eigenvalue weighted by molar-refractivity contribution is 0.185. The van der Waals surface area contributed by atoms with Crippen molar-refractivity contribution < 1.29 is 23.1 Å². The summed E-state index contributed by atoms with van der Waals surface area (Å²) < 4.78 is 41.8. The van der Waals surface area contributed by atoms with Gasteiger partial charge in [-0.05, 0) is 73.1 Å². The fourth-order valence-corrected chi connectivity index (χ4v) is 4.19. The molecule has 8 heteroatoms. The van der Waals surface area contributed by atoms with E-state index in [-0.39, 0.29) is 35.7 Å². The summed E-state index contributed by atoms with van der Waals surface area (Å²) in [5.41, 5.74) is 2.40. The van der Waals surface area contributed by atoms with E-state index >= 15 is 0 Å². The minimum absolute atomic E-state index is 0.0577. The number of nitrogens with one attached hydrogen (secondary N) is 3. The van der Waals surface area contributed by atoms with Crippen LogP contribution in [0.1, 0.15) is 31.2 Å². The van der Waals surface area contributed by atoms with Gasteiger partial charge in [-0.2, -0.15) is 0 Å². The van der Waals surface area contributed by atoms with Gasteiger partial charge in [0.15, 0.2) is 0 Å². The lowest BCUT2D eigenvalue weighted by Crippen LogP contribution is -2.42. The average Bonchev–Trinajstić information content (AvgIpc) is 3.05. The van der Waals surface area contributed by atoms with Gasteiger partial charge in [-0.25, -0.2) is 18.0 Å². The number of aliphatic hydroxyl groups excluding tert-OH is 1. The van der Waals surface area contributed by atoms with E-state index in [1.807, 2.05) is 0 Å². The van der Waals surface area contributed by atoms with Crippen molar-refractivity contribution in [3.8, 4) is 11.3 Å². The summed E-state index contributed by atoms with van der Waals surface area (Å²) in [6, 6.07) is 7.72. The van der Waals surface area contributed by atoms with Crippen LogP contribution in [0.25, 0.3) is 22.2 Å². The van der Waals surface area contributed by atoms with Crippen LogP contribution >= 0.6 is 0 Å². The molecule has 3 aromatic rings. The highest BCUT2D eigenvalue weighted by molar-refractivity contribution is 5.92. The molecule has 1 aromatic heterocycles. The highest BCUT2D eigenvalue weighted by atomic mass is 19.1. The van der Waals surface area contributed by atoms with Crippen molar-refractivity contribution in [3.63, 3.8) is 0 Å². The smallest absolute Gasteiger partial charge is 0.314 e. The monoisotopic (exact) mass is 431 g/mol. The lowest BCUT2D eigenvalue weighted by Gasteiger charge is -2.36. The Balaban J connectivity index is 1.54. The van der Waals surface area contributed by atoms with Gasteiger partial charge in [0.05, 0.1) is 17.3 Å². The molecule has 0 aliphatic heterocycles. The zero-order chi connectivity index (χ0) is 22.1. The Morgan fingerprint density at radius 1 is 1.13 bits per heavy atom. The van der Waals surface area contributed by atoms with E-state index in [4.69, 9.17) is 0 Å². The third-order valence-electron chi connectivity index (χ3n) is 5.75. The van der Waals surface area contributed by atoms with Crippen molar-refractivity contribution in [1.29, 1.82) is 0 Å². The minimum Gasteiger partial charge on any atom is -0.392 e. The molecule has 164 valence electrons. The Kier molecular flexibility index (Phi) is 5.91. The molecule has 2 aromatic carbocycles. The van der Waals surface area contributed by atoms with Crippen molar-refractivity contribution in [2.75, 3.05) is 13.1 Å².